The predicted octanol–water partition coefficient (Wildman–Crippen LogP) is 5.17. The SMILES string of the molecule is COc1ccc(-c2c(C)nn3c2N=C(c2ccco2)C[C@H]3c2ccco2)cc1. The van der Waals surface area contributed by atoms with Crippen LogP contribution in [0.5, 0.6) is 5.75 Å². The van der Waals surface area contributed by atoms with Crippen LogP contribution in [0.2, 0.25) is 0 Å². The van der Waals surface area contributed by atoms with Gasteiger partial charge >= 0.3 is 0 Å². The van der Waals surface area contributed by atoms with Crippen LogP contribution in [0.3, 0.4) is 0 Å². The maximum absolute atomic E-state index is 5.72. The number of rotatable bonds is 4. The Kier molecular flexibility index (Phi) is 3.90. The monoisotopic (exact) mass is 373 g/mol. The topological polar surface area (TPSA) is 65.7 Å². The molecule has 0 bridgehead atoms. The van der Waals surface area contributed by atoms with Crippen LogP contribution in [-0.2, 0) is 0 Å². The minimum Gasteiger partial charge on any atom is -0.497 e. The number of aryl methyl sites for hydroxylation is 1. The molecule has 0 fully saturated rings. The molecular weight excluding hydrogens is 354 g/mol. The molecule has 28 heavy (non-hydrogen) atoms. The van der Waals surface area contributed by atoms with Crippen molar-refractivity contribution in [2.75, 3.05) is 7.11 Å². The van der Waals surface area contributed by atoms with Gasteiger partial charge in [0.1, 0.15) is 23.3 Å². The summed E-state index contributed by atoms with van der Waals surface area (Å²) in [5, 5.41) is 4.81. The second-order valence-corrected chi connectivity index (χ2v) is 6.73. The van der Waals surface area contributed by atoms with E-state index in [9.17, 15) is 0 Å². The predicted molar refractivity (Wildman–Crippen MR) is 105 cm³/mol. The van der Waals surface area contributed by atoms with Gasteiger partial charge in [0, 0.05) is 12.0 Å². The lowest BCUT2D eigenvalue weighted by molar-refractivity contribution is 0.407. The van der Waals surface area contributed by atoms with Gasteiger partial charge in [-0.2, -0.15) is 5.10 Å². The largest absolute Gasteiger partial charge is 0.497 e. The van der Waals surface area contributed by atoms with Crippen molar-refractivity contribution in [2.45, 2.75) is 19.4 Å². The zero-order valence-electron chi connectivity index (χ0n) is 15.6. The van der Waals surface area contributed by atoms with Crippen molar-refractivity contribution in [3.63, 3.8) is 0 Å². The highest BCUT2D eigenvalue weighted by molar-refractivity contribution is 6.02. The second kappa shape index (κ2) is 6.56. The van der Waals surface area contributed by atoms with Gasteiger partial charge in [-0.15, -0.1) is 0 Å². The van der Waals surface area contributed by atoms with E-state index in [2.05, 4.69) is 0 Å². The summed E-state index contributed by atoms with van der Waals surface area (Å²) in [5.74, 6) is 3.24. The molecule has 4 aromatic rings. The highest BCUT2D eigenvalue weighted by Crippen LogP contribution is 2.42. The molecule has 0 saturated carbocycles. The Morgan fingerprint density at radius 3 is 2.50 bits per heavy atom. The molecule has 0 spiro atoms. The first-order valence-corrected chi connectivity index (χ1v) is 9.13. The Bertz CT molecular complexity index is 1120. The van der Waals surface area contributed by atoms with Gasteiger partial charge in [0.15, 0.2) is 5.82 Å². The first-order chi connectivity index (χ1) is 13.7. The highest BCUT2D eigenvalue weighted by atomic mass is 16.5. The van der Waals surface area contributed by atoms with E-state index in [1.54, 1.807) is 19.6 Å². The van der Waals surface area contributed by atoms with Crippen LogP contribution in [0.1, 0.15) is 29.7 Å². The van der Waals surface area contributed by atoms with Crippen LogP contribution >= 0.6 is 0 Å². The van der Waals surface area contributed by atoms with Crippen LogP contribution in [-0.4, -0.2) is 22.6 Å². The van der Waals surface area contributed by atoms with Crippen molar-refractivity contribution in [3.8, 4) is 16.9 Å². The number of aliphatic imine (C=N–C) groups is 1. The lowest BCUT2D eigenvalue weighted by atomic mass is 10.0. The average molecular weight is 373 g/mol. The Balaban J connectivity index is 1.70. The van der Waals surface area contributed by atoms with Crippen molar-refractivity contribution in [1.29, 1.82) is 0 Å². The molecule has 6 nitrogen and oxygen atoms in total. The molecule has 0 N–H and O–H groups in total. The Hall–Kier alpha value is -3.54. The average Bonchev–Trinajstić information content (AvgIpc) is 3.47. The lowest BCUT2D eigenvalue weighted by Gasteiger charge is -2.22. The van der Waals surface area contributed by atoms with Gasteiger partial charge in [-0.05, 0) is 48.9 Å². The molecule has 0 amide bonds. The number of ether oxygens (including phenoxy) is 1. The summed E-state index contributed by atoms with van der Waals surface area (Å²) >= 11 is 0. The summed E-state index contributed by atoms with van der Waals surface area (Å²) in [6.45, 7) is 2.01. The molecule has 4 heterocycles. The quantitative estimate of drug-likeness (QED) is 0.495. The zero-order chi connectivity index (χ0) is 19.1. The van der Waals surface area contributed by atoms with Crippen LogP contribution in [0.4, 0.5) is 5.82 Å². The minimum atomic E-state index is -0.0756. The number of methoxy groups -OCH3 is 1. The standard InChI is InChI=1S/C22H19N3O3/c1-14-21(15-7-9-16(26-2)10-8-15)22-23-17(19-5-3-11-27-19)13-18(25(22)24-14)20-6-4-12-28-20/h3-12,18H,13H2,1-2H3/t18-/m0/s1. The number of furan rings is 2. The summed E-state index contributed by atoms with van der Waals surface area (Å²) in [7, 11) is 1.66. The lowest BCUT2D eigenvalue weighted by Crippen LogP contribution is -2.20. The van der Waals surface area contributed by atoms with Crippen molar-refractivity contribution < 1.29 is 13.6 Å². The van der Waals surface area contributed by atoms with Crippen LogP contribution in [0.25, 0.3) is 11.1 Å². The molecule has 1 atom stereocenters. The minimum absolute atomic E-state index is 0.0756. The Morgan fingerprint density at radius 1 is 1.04 bits per heavy atom. The van der Waals surface area contributed by atoms with Gasteiger partial charge in [-0.1, -0.05) is 12.1 Å². The number of nitrogens with zero attached hydrogens (tertiary/aromatic N) is 3. The number of hydrogen-bond acceptors (Lipinski definition) is 5. The van der Waals surface area contributed by atoms with E-state index >= 15 is 0 Å². The van der Waals surface area contributed by atoms with E-state index < -0.39 is 0 Å². The summed E-state index contributed by atoms with van der Waals surface area (Å²) in [5.41, 5.74) is 3.85. The number of hydrogen-bond donors (Lipinski definition) is 0. The zero-order valence-corrected chi connectivity index (χ0v) is 15.6. The molecule has 3 aromatic heterocycles. The number of benzene rings is 1. The van der Waals surface area contributed by atoms with Gasteiger partial charge in [-0.25, -0.2) is 9.67 Å². The molecule has 1 aliphatic heterocycles. The number of aromatic nitrogens is 2. The van der Waals surface area contributed by atoms with Crippen molar-refractivity contribution in [3.05, 3.63) is 78.3 Å². The van der Waals surface area contributed by atoms with Crippen LogP contribution in [0, 0.1) is 6.92 Å². The van der Waals surface area contributed by atoms with Crippen LogP contribution in [0.15, 0.2) is 74.9 Å². The third-order valence-corrected chi connectivity index (χ3v) is 5.04. The molecule has 6 heteroatoms. The Morgan fingerprint density at radius 2 is 1.82 bits per heavy atom. The fourth-order valence-electron chi connectivity index (χ4n) is 3.70. The van der Waals surface area contributed by atoms with Gasteiger partial charge < -0.3 is 13.6 Å². The van der Waals surface area contributed by atoms with E-state index in [1.165, 1.54) is 0 Å². The first kappa shape index (κ1) is 16.6. The molecule has 0 aliphatic carbocycles. The van der Waals surface area contributed by atoms with Gasteiger partial charge in [0.2, 0.25) is 0 Å². The smallest absolute Gasteiger partial charge is 0.159 e. The fraction of sp³-hybridized carbons (Fsp3) is 0.182. The normalized spacial score (nSPS) is 15.9. The van der Waals surface area contributed by atoms with Crippen molar-refractivity contribution in [2.24, 2.45) is 4.99 Å². The molecular formula is C22H19N3O3. The van der Waals surface area contributed by atoms with Crippen molar-refractivity contribution in [1.82, 2.24) is 9.78 Å². The van der Waals surface area contributed by atoms with Gasteiger partial charge in [0.25, 0.3) is 0 Å². The second-order valence-electron chi connectivity index (χ2n) is 6.73. The van der Waals surface area contributed by atoms with E-state index in [4.69, 9.17) is 23.7 Å². The molecule has 5 rings (SSSR count). The van der Waals surface area contributed by atoms with E-state index in [0.29, 0.717) is 6.42 Å². The maximum Gasteiger partial charge on any atom is 0.159 e. The maximum atomic E-state index is 5.72. The molecule has 0 saturated heterocycles. The highest BCUT2D eigenvalue weighted by Gasteiger charge is 2.31. The summed E-state index contributed by atoms with van der Waals surface area (Å²) in [6.07, 6.45) is 4.01. The first-order valence-electron chi connectivity index (χ1n) is 9.13. The van der Waals surface area contributed by atoms with Crippen LogP contribution < -0.4 is 4.74 Å². The molecule has 0 unspecified atom stereocenters. The van der Waals surface area contributed by atoms with Gasteiger partial charge in [-0.3, -0.25) is 0 Å². The molecule has 1 aliphatic rings. The van der Waals surface area contributed by atoms with Gasteiger partial charge in [0.05, 0.1) is 31.0 Å². The Labute approximate surface area is 162 Å². The third-order valence-electron chi connectivity index (χ3n) is 5.04. The van der Waals surface area contributed by atoms with E-state index in [0.717, 1.165) is 45.6 Å². The van der Waals surface area contributed by atoms with E-state index in [1.807, 2.05) is 60.1 Å². The number of fused-ring (bicyclic) bond motifs is 1. The summed E-state index contributed by atoms with van der Waals surface area (Å²) in [6, 6.07) is 15.6. The fourth-order valence-corrected chi connectivity index (χ4v) is 3.70. The molecule has 0 radical (unpaired) electrons. The van der Waals surface area contributed by atoms with Crippen molar-refractivity contribution >= 4 is 11.5 Å². The summed E-state index contributed by atoms with van der Waals surface area (Å²) < 4.78 is 18.6. The third kappa shape index (κ3) is 2.65. The summed E-state index contributed by atoms with van der Waals surface area (Å²) in [4.78, 5) is 4.94. The molecule has 1 aromatic carbocycles. The molecule has 140 valence electrons. The van der Waals surface area contributed by atoms with E-state index in [-0.39, 0.29) is 6.04 Å².